The summed E-state index contributed by atoms with van der Waals surface area (Å²) in [4.78, 5) is 13.8. The van der Waals surface area contributed by atoms with Gasteiger partial charge in [-0.15, -0.1) is 0 Å². The van der Waals surface area contributed by atoms with E-state index in [0.717, 1.165) is 44.9 Å². The lowest BCUT2D eigenvalue weighted by molar-refractivity contribution is -0.303. The average molecular weight is 471 g/mol. The van der Waals surface area contributed by atoms with Crippen molar-refractivity contribution in [2.24, 2.45) is 56.2 Å². The Balaban J connectivity index is 1.49. The predicted octanol–water partition coefficient (Wildman–Crippen LogP) is 7.15. The Morgan fingerprint density at radius 1 is 0.824 bits per heavy atom. The normalized spacial score (nSPS) is 59.2. The maximum absolute atomic E-state index is 13.8. The lowest BCUT2D eigenvalue weighted by Crippen LogP contribution is -2.74. The van der Waals surface area contributed by atoms with E-state index in [1.54, 1.807) is 0 Å². The molecule has 1 spiro atoms. The zero-order valence-corrected chi connectivity index (χ0v) is 23.2. The maximum Gasteiger partial charge on any atom is 0.313 e. The highest BCUT2D eigenvalue weighted by Crippen LogP contribution is 2.81. The van der Waals surface area contributed by atoms with Crippen molar-refractivity contribution in [3.05, 3.63) is 0 Å². The van der Waals surface area contributed by atoms with Gasteiger partial charge in [0.1, 0.15) is 5.60 Å². The van der Waals surface area contributed by atoms with Crippen molar-refractivity contribution in [3.63, 3.8) is 0 Å². The SMILES string of the molecule is C[C@@H]1C[C@@H]2[C@@]3(C)CC[C@H](O)C(C)(C)[C@@H]3CC[C@@]2(C)[C@]2(C)CC[C@@]34CCC(C)(C)C[C@H]3[C@@]12OC4=O. The van der Waals surface area contributed by atoms with Crippen LogP contribution in [0.3, 0.4) is 0 Å². The molecule has 6 fully saturated rings. The van der Waals surface area contributed by atoms with Crippen LogP contribution in [0.5, 0.6) is 0 Å². The fourth-order valence-electron chi connectivity index (χ4n) is 12.3. The zero-order valence-electron chi connectivity index (χ0n) is 23.2. The molecule has 5 aliphatic carbocycles. The van der Waals surface area contributed by atoms with Gasteiger partial charge in [0.2, 0.25) is 0 Å². The minimum absolute atomic E-state index is 0.0181. The van der Waals surface area contributed by atoms with E-state index in [-0.39, 0.29) is 50.2 Å². The maximum atomic E-state index is 13.8. The molecule has 0 amide bonds. The van der Waals surface area contributed by atoms with Crippen LogP contribution >= 0.6 is 0 Å². The van der Waals surface area contributed by atoms with Crippen LogP contribution < -0.4 is 0 Å². The number of aliphatic hydroxyl groups excluding tert-OH is 1. The molecule has 0 radical (unpaired) electrons. The molecule has 1 N–H and O–H groups in total. The second-order valence-corrected chi connectivity index (χ2v) is 16.2. The summed E-state index contributed by atoms with van der Waals surface area (Å²) < 4.78 is 6.89. The van der Waals surface area contributed by atoms with E-state index in [1.165, 1.54) is 19.3 Å². The van der Waals surface area contributed by atoms with Gasteiger partial charge < -0.3 is 9.84 Å². The number of ether oxygens (including phenoxy) is 1. The molecule has 0 aromatic heterocycles. The van der Waals surface area contributed by atoms with Crippen LogP contribution in [0.2, 0.25) is 0 Å². The van der Waals surface area contributed by atoms with Gasteiger partial charge in [-0.3, -0.25) is 4.79 Å². The summed E-state index contributed by atoms with van der Waals surface area (Å²) in [6, 6.07) is 0. The predicted molar refractivity (Wildman–Crippen MR) is 135 cm³/mol. The monoisotopic (exact) mass is 470 g/mol. The molecule has 5 saturated carbocycles. The standard InChI is InChI=1S/C31H50O3/c1-19-17-21-27(6)11-10-23(32)26(4,5)20(27)9-12-28(21,7)29(8)14-16-30-15-13-25(2,3)18-22(30)31(19,29)34-24(30)33/h19-23,32H,9-18H2,1-8H3/t19-,20+,21-,22-,23+,27+,28-,29+,30+,31+/m1/s1. The van der Waals surface area contributed by atoms with E-state index < -0.39 is 0 Å². The molecule has 0 unspecified atom stereocenters. The topological polar surface area (TPSA) is 46.5 Å². The van der Waals surface area contributed by atoms with Crippen LogP contribution in [0.25, 0.3) is 0 Å². The van der Waals surface area contributed by atoms with Crippen LogP contribution in [0, 0.1) is 56.2 Å². The lowest BCUT2D eigenvalue weighted by atomic mass is 9.29. The third kappa shape index (κ3) is 2.34. The number of fused-ring (bicyclic) bond motifs is 4. The van der Waals surface area contributed by atoms with Gasteiger partial charge in [0.15, 0.2) is 0 Å². The summed E-state index contributed by atoms with van der Waals surface area (Å²) in [6.07, 6.45) is 10.9. The molecule has 192 valence electrons. The molecule has 3 heteroatoms. The van der Waals surface area contributed by atoms with Crippen molar-refractivity contribution in [2.45, 2.75) is 131 Å². The van der Waals surface area contributed by atoms with E-state index in [1.807, 2.05) is 0 Å². The quantitative estimate of drug-likeness (QED) is 0.382. The highest BCUT2D eigenvalue weighted by atomic mass is 16.6. The first kappa shape index (κ1) is 23.8. The number of aliphatic hydroxyl groups is 1. The summed E-state index contributed by atoms with van der Waals surface area (Å²) in [6.45, 7) is 19.7. The molecule has 6 aliphatic rings. The molecule has 0 aromatic rings. The minimum atomic E-state index is -0.307. The van der Waals surface area contributed by atoms with Gasteiger partial charge >= 0.3 is 5.97 Å². The Morgan fingerprint density at radius 2 is 1.50 bits per heavy atom. The van der Waals surface area contributed by atoms with Crippen LogP contribution in [0.1, 0.15) is 120 Å². The summed E-state index contributed by atoms with van der Waals surface area (Å²) in [5.41, 5.74) is 0.173. The lowest BCUT2D eigenvalue weighted by Gasteiger charge is -2.75. The molecule has 6 rings (SSSR count). The van der Waals surface area contributed by atoms with Crippen molar-refractivity contribution in [1.82, 2.24) is 0 Å². The molecule has 1 heterocycles. The van der Waals surface area contributed by atoms with Crippen molar-refractivity contribution in [2.75, 3.05) is 0 Å². The van der Waals surface area contributed by atoms with E-state index in [0.29, 0.717) is 23.7 Å². The van der Waals surface area contributed by atoms with Gasteiger partial charge in [0.25, 0.3) is 0 Å². The summed E-state index contributed by atoms with van der Waals surface area (Å²) in [7, 11) is 0. The third-order valence-electron chi connectivity index (χ3n) is 14.4. The van der Waals surface area contributed by atoms with Crippen LogP contribution in [0.4, 0.5) is 0 Å². The molecule has 1 aliphatic heterocycles. The molecule has 2 bridgehead atoms. The highest BCUT2D eigenvalue weighted by Gasteiger charge is 2.82. The smallest absolute Gasteiger partial charge is 0.313 e. The number of rotatable bonds is 0. The van der Waals surface area contributed by atoms with E-state index in [2.05, 4.69) is 55.4 Å². The van der Waals surface area contributed by atoms with Gasteiger partial charge in [-0.2, -0.15) is 0 Å². The first-order chi connectivity index (χ1) is 15.6. The van der Waals surface area contributed by atoms with Crippen molar-refractivity contribution in [3.8, 4) is 0 Å². The van der Waals surface area contributed by atoms with Gasteiger partial charge in [0, 0.05) is 11.3 Å². The molecule has 0 aromatic carbocycles. The number of hydrogen-bond acceptors (Lipinski definition) is 3. The Bertz CT molecular complexity index is 922. The summed E-state index contributed by atoms with van der Waals surface area (Å²) in [5.74, 6) is 2.12. The van der Waals surface area contributed by atoms with Crippen LogP contribution in [-0.4, -0.2) is 22.8 Å². The minimum Gasteiger partial charge on any atom is -0.457 e. The molecule has 1 saturated heterocycles. The number of hydrogen-bond donors (Lipinski definition) is 1. The Labute approximate surface area is 208 Å². The first-order valence-electron chi connectivity index (χ1n) is 14.5. The van der Waals surface area contributed by atoms with Gasteiger partial charge in [0.05, 0.1) is 11.5 Å². The average Bonchev–Trinajstić information content (AvgIpc) is 2.93. The molecule has 10 atom stereocenters. The largest absolute Gasteiger partial charge is 0.457 e. The van der Waals surface area contributed by atoms with Crippen molar-refractivity contribution in [1.29, 1.82) is 0 Å². The Kier molecular flexibility index (Phi) is 4.52. The summed E-state index contributed by atoms with van der Waals surface area (Å²) >= 11 is 0. The molecular weight excluding hydrogens is 420 g/mol. The second-order valence-electron chi connectivity index (χ2n) is 16.2. The molecule has 34 heavy (non-hydrogen) atoms. The van der Waals surface area contributed by atoms with Gasteiger partial charge in [-0.1, -0.05) is 55.4 Å². The van der Waals surface area contributed by atoms with Crippen molar-refractivity contribution >= 4 is 5.97 Å². The fourth-order valence-corrected chi connectivity index (χ4v) is 12.3. The van der Waals surface area contributed by atoms with Gasteiger partial charge in [-0.05, 0) is 104 Å². The molecule has 3 nitrogen and oxygen atoms in total. The highest BCUT2D eigenvalue weighted by molar-refractivity contribution is 5.82. The van der Waals surface area contributed by atoms with Crippen molar-refractivity contribution < 1.29 is 14.6 Å². The van der Waals surface area contributed by atoms with Crippen LogP contribution in [0.15, 0.2) is 0 Å². The van der Waals surface area contributed by atoms with Gasteiger partial charge in [-0.25, -0.2) is 0 Å². The number of esters is 1. The van der Waals surface area contributed by atoms with Crippen LogP contribution in [-0.2, 0) is 9.53 Å². The Hall–Kier alpha value is -0.570. The Morgan fingerprint density at radius 3 is 2.21 bits per heavy atom. The molecular formula is C31H50O3. The second kappa shape index (κ2) is 6.46. The fraction of sp³-hybridized carbons (Fsp3) is 0.968. The first-order valence-corrected chi connectivity index (χ1v) is 14.5. The van der Waals surface area contributed by atoms with E-state index in [4.69, 9.17) is 4.74 Å². The number of carbonyl (C=O) groups is 1. The summed E-state index contributed by atoms with van der Waals surface area (Å²) in [5, 5.41) is 11.0. The third-order valence-corrected chi connectivity index (χ3v) is 14.4. The number of carbonyl (C=O) groups excluding carboxylic acids is 1. The zero-order chi connectivity index (χ0) is 24.7. The van der Waals surface area contributed by atoms with E-state index in [9.17, 15) is 9.90 Å². The van der Waals surface area contributed by atoms with E-state index >= 15 is 0 Å².